The molecule has 0 bridgehead atoms. The van der Waals surface area contributed by atoms with Gasteiger partial charge in [-0.15, -0.1) is 0 Å². The summed E-state index contributed by atoms with van der Waals surface area (Å²) in [6, 6.07) is 0. The number of rotatable bonds is 18. The third kappa shape index (κ3) is 12.8. The zero-order chi connectivity index (χ0) is 24.6. The van der Waals surface area contributed by atoms with Crippen LogP contribution in [-0.4, -0.2) is 39.6 Å². The van der Waals surface area contributed by atoms with Crippen LogP contribution in [0.5, 0.6) is 0 Å². The van der Waals surface area contributed by atoms with Gasteiger partial charge in [0.1, 0.15) is 5.76 Å². The Morgan fingerprint density at radius 1 is 1.03 bits per heavy atom. The van der Waals surface area contributed by atoms with E-state index < -0.39 is 12.2 Å². The van der Waals surface area contributed by atoms with Crippen molar-refractivity contribution in [3.05, 3.63) is 23.5 Å². The van der Waals surface area contributed by atoms with E-state index in [0.717, 1.165) is 82.6 Å². The van der Waals surface area contributed by atoms with Crippen molar-refractivity contribution in [2.45, 2.75) is 136 Å². The van der Waals surface area contributed by atoms with E-state index in [1.807, 2.05) is 12.2 Å². The van der Waals surface area contributed by atoms with Crippen LogP contribution in [0.2, 0.25) is 0 Å². The first kappa shape index (κ1) is 29.9. The molecule has 0 aromatic rings. The molecule has 5 heteroatoms. The lowest BCUT2D eigenvalue weighted by molar-refractivity contribution is -0.137. The smallest absolute Gasteiger partial charge is 0.307 e. The predicted octanol–water partition coefficient (Wildman–Crippen LogP) is 6.21. The molecule has 0 amide bonds. The van der Waals surface area contributed by atoms with E-state index in [2.05, 4.69) is 20.8 Å². The molecule has 0 saturated carbocycles. The zero-order valence-electron chi connectivity index (χ0n) is 21.6. The van der Waals surface area contributed by atoms with Crippen LogP contribution < -0.4 is 0 Å². The highest BCUT2D eigenvalue weighted by Crippen LogP contribution is 2.37. The van der Waals surface area contributed by atoms with Crippen molar-refractivity contribution in [3.63, 3.8) is 0 Å². The molecule has 1 aliphatic rings. The second-order valence-corrected chi connectivity index (χ2v) is 10.0. The number of esters is 1. The topological polar surface area (TPSA) is 87.0 Å². The van der Waals surface area contributed by atoms with Gasteiger partial charge >= 0.3 is 5.97 Å². The minimum Gasteiger partial charge on any atom is -0.431 e. The number of unbranched alkanes of at least 4 members (excludes halogenated alkanes) is 5. The minimum absolute atomic E-state index is 0.182. The normalized spacial score (nSPS) is 21.5. The van der Waals surface area contributed by atoms with Crippen LogP contribution in [0, 0.1) is 11.8 Å². The van der Waals surface area contributed by atoms with Crippen molar-refractivity contribution in [3.8, 4) is 0 Å². The lowest BCUT2D eigenvalue weighted by Crippen LogP contribution is -2.16. The van der Waals surface area contributed by atoms with Crippen LogP contribution in [0.25, 0.3) is 0 Å². The molecular formula is C28H50O5. The molecule has 0 fully saturated rings. The summed E-state index contributed by atoms with van der Waals surface area (Å²) in [6.07, 6.45) is 15.7. The van der Waals surface area contributed by atoms with Gasteiger partial charge in [0.2, 0.25) is 0 Å². The Morgan fingerprint density at radius 3 is 2.33 bits per heavy atom. The standard InChI is InChI=1S/C28H50O5/c1-5-7-13-21(3)19-24(31)17-18-25-26(28(20-27(25)32)33-22(4)29)16-12-10-9-11-15-23(30)14-8-6-2/h17-18,21,23-25,27,30-32H,5-16,19-20H2,1-4H3/b18-17+/t21-,23?,24+,25+,27+/m0/s1. The van der Waals surface area contributed by atoms with E-state index in [-0.39, 0.29) is 18.0 Å². The summed E-state index contributed by atoms with van der Waals surface area (Å²) >= 11 is 0. The number of carbonyl (C=O) groups excluding carboxylic acids is 1. The van der Waals surface area contributed by atoms with Crippen molar-refractivity contribution in [1.29, 1.82) is 0 Å². The van der Waals surface area contributed by atoms with Gasteiger partial charge in [-0.05, 0) is 43.6 Å². The van der Waals surface area contributed by atoms with Gasteiger partial charge < -0.3 is 20.1 Å². The number of carbonyl (C=O) groups is 1. The Hall–Kier alpha value is -1.17. The van der Waals surface area contributed by atoms with E-state index in [0.29, 0.717) is 18.1 Å². The van der Waals surface area contributed by atoms with Gasteiger partial charge in [-0.3, -0.25) is 4.79 Å². The first-order valence-corrected chi connectivity index (χ1v) is 13.4. The third-order valence-electron chi connectivity index (χ3n) is 6.70. The molecule has 1 rings (SSSR count). The monoisotopic (exact) mass is 466 g/mol. The van der Waals surface area contributed by atoms with Crippen molar-refractivity contribution in [1.82, 2.24) is 0 Å². The molecule has 0 saturated heterocycles. The Bertz CT molecular complexity index is 597. The fourth-order valence-electron chi connectivity index (χ4n) is 4.74. The Labute approximate surface area is 202 Å². The van der Waals surface area contributed by atoms with Crippen molar-refractivity contribution < 1.29 is 24.9 Å². The molecule has 192 valence electrons. The number of hydrogen-bond donors (Lipinski definition) is 3. The maximum atomic E-state index is 11.6. The minimum atomic E-state index is -0.621. The van der Waals surface area contributed by atoms with E-state index in [1.54, 1.807) is 0 Å². The number of hydrogen-bond acceptors (Lipinski definition) is 5. The fourth-order valence-corrected chi connectivity index (χ4v) is 4.74. The van der Waals surface area contributed by atoms with Gasteiger partial charge in [-0.25, -0.2) is 0 Å². The van der Waals surface area contributed by atoms with Crippen LogP contribution in [0.1, 0.15) is 118 Å². The van der Waals surface area contributed by atoms with Gasteiger partial charge in [0.25, 0.3) is 0 Å². The molecular weight excluding hydrogens is 416 g/mol. The highest BCUT2D eigenvalue weighted by Gasteiger charge is 2.33. The first-order valence-electron chi connectivity index (χ1n) is 13.4. The van der Waals surface area contributed by atoms with Gasteiger partial charge in [-0.2, -0.15) is 0 Å². The average molecular weight is 467 g/mol. The van der Waals surface area contributed by atoms with Gasteiger partial charge in [-0.1, -0.05) is 84.3 Å². The summed E-state index contributed by atoms with van der Waals surface area (Å²) in [7, 11) is 0. The van der Waals surface area contributed by atoms with Crippen LogP contribution in [0.3, 0.4) is 0 Å². The van der Waals surface area contributed by atoms with Crippen molar-refractivity contribution in [2.24, 2.45) is 11.8 Å². The summed E-state index contributed by atoms with van der Waals surface area (Å²) in [4.78, 5) is 11.6. The van der Waals surface area contributed by atoms with E-state index in [9.17, 15) is 20.1 Å². The lowest BCUT2D eigenvalue weighted by atomic mass is 9.92. The van der Waals surface area contributed by atoms with Crippen molar-refractivity contribution in [2.75, 3.05) is 0 Å². The van der Waals surface area contributed by atoms with Gasteiger partial charge in [0.15, 0.2) is 0 Å². The lowest BCUT2D eigenvalue weighted by Gasteiger charge is -2.17. The Kier molecular flexibility index (Phi) is 15.6. The summed E-state index contributed by atoms with van der Waals surface area (Å²) in [5.41, 5.74) is 0.989. The molecule has 0 aromatic carbocycles. The molecule has 0 aliphatic heterocycles. The summed E-state index contributed by atoms with van der Waals surface area (Å²) in [6.45, 7) is 7.88. The molecule has 0 aromatic heterocycles. The number of aliphatic hydroxyl groups is 3. The van der Waals surface area contributed by atoms with Crippen LogP contribution >= 0.6 is 0 Å². The second-order valence-electron chi connectivity index (χ2n) is 10.0. The highest BCUT2D eigenvalue weighted by molar-refractivity contribution is 5.67. The summed E-state index contributed by atoms with van der Waals surface area (Å²) < 4.78 is 5.44. The maximum absolute atomic E-state index is 11.6. The molecule has 0 spiro atoms. The van der Waals surface area contributed by atoms with Crippen LogP contribution in [0.4, 0.5) is 0 Å². The molecule has 0 heterocycles. The van der Waals surface area contributed by atoms with E-state index in [4.69, 9.17) is 4.74 Å². The largest absolute Gasteiger partial charge is 0.431 e. The second kappa shape index (κ2) is 17.3. The van der Waals surface area contributed by atoms with Crippen molar-refractivity contribution >= 4 is 5.97 Å². The first-order chi connectivity index (χ1) is 15.8. The SMILES string of the molecule is CCCCC(O)CCCCCCC1=C(OC(C)=O)C[C@@H](O)[C@@H]1/C=C/[C@@H](O)C[C@@H](C)CCCC. The molecule has 0 radical (unpaired) electrons. The number of aliphatic hydroxyl groups excluding tert-OH is 3. The molecule has 5 atom stereocenters. The molecule has 1 aliphatic carbocycles. The van der Waals surface area contributed by atoms with E-state index >= 15 is 0 Å². The molecule has 3 N–H and O–H groups in total. The quantitative estimate of drug-likeness (QED) is 0.127. The highest BCUT2D eigenvalue weighted by atomic mass is 16.5. The third-order valence-corrected chi connectivity index (χ3v) is 6.70. The van der Waals surface area contributed by atoms with Crippen LogP contribution in [0.15, 0.2) is 23.5 Å². The Balaban J connectivity index is 2.60. The molecule has 5 nitrogen and oxygen atoms in total. The van der Waals surface area contributed by atoms with Gasteiger partial charge in [0.05, 0.1) is 18.3 Å². The molecule has 33 heavy (non-hydrogen) atoms. The maximum Gasteiger partial charge on any atom is 0.307 e. The van der Waals surface area contributed by atoms with Gasteiger partial charge in [0, 0.05) is 19.3 Å². The molecule has 1 unspecified atom stereocenters. The summed E-state index contributed by atoms with van der Waals surface area (Å²) in [5, 5.41) is 31.1. The average Bonchev–Trinajstić information content (AvgIpc) is 3.04. The predicted molar refractivity (Wildman–Crippen MR) is 135 cm³/mol. The summed E-state index contributed by atoms with van der Waals surface area (Å²) in [5.74, 6) is 0.497. The van der Waals surface area contributed by atoms with E-state index in [1.165, 1.54) is 13.3 Å². The number of ether oxygens (including phenoxy) is 1. The zero-order valence-corrected chi connectivity index (χ0v) is 21.6. The van der Waals surface area contributed by atoms with Crippen LogP contribution in [-0.2, 0) is 9.53 Å². The fraction of sp³-hybridized carbons (Fsp3) is 0.821. The Morgan fingerprint density at radius 2 is 1.67 bits per heavy atom.